The smallest absolute Gasteiger partial charge is 0.159 e. The minimum atomic E-state index is 0. The maximum Gasteiger partial charge on any atom is 0.159 e. The number of nitrogens with one attached hydrogen (secondary N) is 1. The summed E-state index contributed by atoms with van der Waals surface area (Å²) in [6.45, 7) is 3.56. The second-order valence-electron chi connectivity index (χ2n) is 6.74. The Morgan fingerprint density at radius 2 is 1.96 bits per heavy atom. The molecule has 1 aromatic heterocycles. The number of hydrogen-bond acceptors (Lipinski definition) is 4. The van der Waals surface area contributed by atoms with Crippen molar-refractivity contribution in [2.45, 2.75) is 25.9 Å². The molecule has 27 heavy (non-hydrogen) atoms. The molecular weight excluding hydrogens is 360 g/mol. The van der Waals surface area contributed by atoms with Gasteiger partial charge in [-0.25, -0.2) is 0 Å². The van der Waals surface area contributed by atoms with Gasteiger partial charge in [-0.2, -0.15) is 0 Å². The molecule has 0 bridgehead atoms. The number of nitrogens with zero attached hydrogens (tertiary/aromatic N) is 1. The standard InChI is InChI=1S/C22H22N2O2.ClH/c1-15(25)16-3-2-4-17(13-16)22-20-9-12-24-14-18(20)5-6-21(22)26-19-7-10-23-11-8-19;/h2-6,9,12-14,19,23H,7-8,10-11H2,1H3;1H. The molecule has 0 radical (unpaired) electrons. The van der Waals surface area contributed by atoms with Crippen LogP contribution in [0.4, 0.5) is 0 Å². The molecule has 0 spiro atoms. The third-order valence-electron chi connectivity index (χ3n) is 4.92. The van der Waals surface area contributed by atoms with Crippen LogP contribution in [-0.4, -0.2) is 30.0 Å². The summed E-state index contributed by atoms with van der Waals surface area (Å²) in [6.07, 6.45) is 5.88. The quantitative estimate of drug-likeness (QED) is 0.667. The Morgan fingerprint density at radius 3 is 2.74 bits per heavy atom. The summed E-state index contributed by atoms with van der Waals surface area (Å²) in [7, 11) is 0. The van der Waals surface area contributed by atoms with Crippen molar-refractivity contribution in [3.63, 3.8) is 0 Å². The molecule has 4 nitrogen and oxygen atoms in total. The van der Waals surface area contributed by atoms with Gasteiger partial charge < -0.3 is 10.1 Å². The highest BCUT2D eigenvalue weighted by Crippen LogP contribution is 2.38. The fourth-order valence-corrected chi connectivity index (χ4v) is 3.53. The molecule has 0 amide bonds. The fourth-order valence-electron chi connectivity index (χ4n) is 3.53. The van der Waals surface area contributed by atoms with Crippen molar-refractivity contribution in [1.29, 1.82) is 0 Å². The summed E-state index contributed by atoms with van der Waals surface area (Å²) in [4.78, 5) is 16.1. The van der Waals surface area contributed by atoms with Gasteiger partial charge in [-0.1, -0.05) is 18.2 Å². The highest BCUT2D eigenvalue weighted by atomic mass is 35.5. The number of pyridine rings is 1. The van der Waals surface area contributed by atoms with Gasteiger partial charge in [0.1, 0.15) is 11.9 Å². The van der Waals surface area contributed by atoms with Crippen molar-refractivity contribution < 1.29 is 9.53 Å². The molecule has 140 valence electrons. The number of benzene rings is 2. The molecule has 0 atom stereocenters. The van der Waals surface area contributed by atoms with Crippen LogP contribution in [0.2, 0.25) is 0 Å². The molecule has 1 N–H and O–H groups in total. The minimum Gasteiger partial charge on any atom is -0.490 e. The second kappa shape index (κ2) is 8.51. The minimum absolute atomic E-state index is 0. The molecule has 4 rings (SSSR count). The number of hydrogen-bond donors (Lipinski definition) is 1. The van der Waals surface area contributed by atoms with Crippen LogP contribution < -0.4 is 10.1 Å². The lowest BCUT2D eigenvalue weighted by Gasteiger charge is -2.25. The van der Waals surface area contributed by atoms with Crippen LogP contribution in [0.1, 0.15) is 30.1 Å². The Labute approximate surface area is 165 Å². The zero-order valence-electron chi connectivity index (χ0n) is 15.3. The van der Waals surface area contributed by atoms with Crippen molar-refractivity contribution in [1.82, 2.24) is 10.3 Å². The lowest BCUT2D eigenvalue weighted by Crippen LogP contribution is -2.34. The summed E-state index contributed by atoms with van der Waals surface area (Å²) in [5.41, 5.74) is 2.74. The van der Waals surface area contributed by atoms with Crippen LogP contribution in [-0.2, 0) is 0 Å². The van der Waals surface area contributed by atoms with Gasteiger partial charge in [-0.15, -0.1) is 12.4 Å². The summed E-state index contributed by atoms with van der Waals surface area (Å²) in [5, 5.41) is 5.52. The highest BCUT2D eigenvalue weighted by Gasteiger charge is 2.18. The third-order valence-corrected chi connectivity index (χ3v) is 4.92. The molecular formula is C22H23ClN2O2. The van der Waals surface area contributed by atoms with Crippen LogP contribution >= 0.6 is 12.4 Å². The Hall–Kier alpha value is -2.43. The second-order valence-corrected chi connectivity index (χ2v) is 6.74. The normalized spacial score (nSPS) is 14.6. The first-order chi connectivity index (χ1) is 12.7. The van der Waals surface area contributed by atoms with Gasteiger partial charge in [-0.3, -0.25) is 9.78 Å². The zero-order valence-corrected chi connectivity index (χ0v) is 16.1. The molecule has 1 aliphatic rings. The summed E-state index contributed by atoms with van der Waals surface area (Å²) < 4.78 is 6.40. The average Bonchev–Trinajstić information content (AvgIpc) is 2.68. The lowest BCUT2D eigenvalue weighted by molar-refractivity contribution is 0.101. The van der Waals surface area contributed by atoms with E-state index in [-0.39, 0.29) is 24.3 Å². The van der Waals surface area contributed by atoms with E-state index < -0.39 is 0 Å². The first-order valence-corrected chi connectivity index (χ1v) is 9.08. The number of fused-ring (bicyclic) bond motifs is 1. The lowest BCUT2D eigenvalue weighted by atomic mass is 9.96. The zero-order chi connectivity index (χ0) is 17.9. The SMILES string of the molecule is CC(=O)c1cccc(-c2c(OC3CCNCC3)ccc3cnccc23)c1.Cl. The number of Topliss-reactive ketones (excluding diaryl/α,β-unsaturated/α-hetero) is 1. The molecule has 1 fully saturated rings. The maximum absolute atomic E-state index is 11.8. The molecule has 2 aromatic carbocycles. The van der Waals surface area contributed by atoms with E-state index in [9.17, 15) is 4.79 Å². The van der Waals surface area contributed by atoms with Crippen LogP contribution in [0.3, 0.4) is 0 Å². The number of halogens is 1. The number of piperidine rings is 1. The van der Waals surface area contributed by atoms with E-state index in [0.29, 0.717) is 5.56 Å². The van der Waals surface area contributed by atoms with E-state index in [1.165, 1.54) is 0 Å². The molecule has 3 aromatic rings. The number of carbonyl (C=O) groups excluding carboxylic acids is 1. The fraction of sp³-hybridized carbons (Fsp3) is 0.273. The van der Waals surface area contributed by atoms with Crippen molar-refractivity contribution in [2.75, 3.05) is 13.1 Å². The largest absolute Gasteiger partial charge is 0.490 e. The van der Waals surface area contributed by atoms with E-state index >= 15 is 0 Å². The van der Waals surface area contributed by atoms with Gasteiger partial charge >= 0.3 is 0 Å². The maximum atomic E-state index is 11.8. The van der Waals surface area contributed by atoms with Crippen molar-refractivity contribution in [3.8, 4) is 16.9 Å². The van der Waals surface area contributed by atoms with Gasteiger partial charge in [0.25, 0.3) is 0 Å². The molecule has 0 saturated carbocycles. The van der Waals surface area contributed by atoms with Gasteiger partial charge in [-0.05, 0) is 68.1 Å². The number of ether oxygens (including phenoxy) is 1. The Bertz CT molecular complexity index is 952. The summed E-state index contributed by atoms with van der Waals surface area (Å²) in [6, 6.07) is 13.9. The predicted octanol–water partition coefficient (Wildman–Crippen LogP) is 4.66. The molecule has 0 unspecified atom stereocenters. The highest BCUT2D eigenvalue weighted by molar-refractivity contribution is 6.01. The Balaban J connectivity index is 0.00000210. The predicted molar refractivity (Wildman–Crippen MR) is 111 cm³/mol. The van der Waals surface area contributed by atoms with Gasteiger partial charge in [0, 0.05) is 28.9 Å². The Morgan fingerprint density at radius 1 is 1.15 bits per heavy atom. The van der Waals surface area contributed by atoms with Crippen LogP contribution in [0, 0.1) is 0 Å². The van der Waals surface area contributed by atoms with Crippen molar-refractivity contribution in [3.05, 3.63) is 60.4 Å². The number of carbonyl (C=O) groups is 1. The molecule has 1 saturated heterocycles. The molecule has 5 heteroatoms. The van der Waals surface area contributed by atoms with Crippen LogP contribution in [0.25, 0.3) is 21.9 Å². The molecule has 1 aliphatic heterocycles. The van der Waals surface area contributed by atoms with Gasteiger partial charge in [0.2, 0.25) is 0 Å². The van der Waals surface area contributed by atoms with E-state index in [1.54, 1.807) is 13.1 Å². The summed E-state index contributed by atoms with van der Waals surface area (Å²) in [5.74, 6) is 0.936. The summed E-state index contributed by atoms with van der Waals surface area (Å²) >= 11 is 0. The average molecular weight is 383 g/mol. The number of ketones is 1. The van der Waals surface area contributed by atoms with Gasteiger partial charge in [0.15, 0.2) is 5.78 Å². The van der Waals surface area contributed by atoms with E-state index in [2.05, 4.69) is 16.4 Å². The first kappa shape index (κ1) is 19.3. The molecule has 2 heterocycles. The first-order valence-electron chi connectivity index (χ1n) is 9.08. The van der Waals surface area contributed by atoms with Crippen molar-refractivity contribution in [2.24, 2.45) is 0 Å². The topological polar surface area (TPSA) is 51.2 Å². The van der Waals surface area contributed by atoms with Crippen LogP contribution in [0.5, 0.6) is 5.75 Å². The van der Waals surface area contributed by atoms with Gasteiger partial charge in [0.05, 0.1) is 0 Å². The van der Waals surface area contributed by atoms with Crippen LogP contribution in [0.15, 0.2) is 54.9 Å². The van der Waals surface area contributed by atoms with Crippen molar-refractivity contribution >= 4 is 29.0 Å². The number of aromatic nitrogens is 1. The third kappa shape index (κ3) is 4.12. The van der Waals surface area contributed by atoms with E-state index in [1.807, 2.05) is 42.6 Å². The molecule has 0 aliphatic carbocycles. The number of rotatable bonds is 4. The monoisotopic (exact) mass is 382 g/mol. The van der Waals surface area contributed by atoms with E-state index in [0.717, 1.165) is 53.6 Å². The Kier molecular flexibility index (Phi) is 6.09. The van der Waals surface area contributed by atoms with E-state index in [4.69, 9.17) is 4.74 Å².